The Morgan fingerprint density at radius 2 is 1.10 bits per heavy atom. The number of hydrogen-bond acceptors (Lipinski definition) is 1. The van der Waals surface area contributed by atoms with E-state index in [1.54, 1.807) is 0 Å². The van der Waals surface area contributed by atoms with Crippen LogP contribution in [0.4, 0.5) is 0 Å². The molecule has 10 heavy (non-hydrogen) atoms. The van der Waals surface area contributed by atoms with Gasteiger partial charge in [-0.05, 0) is 20.1 Å². The van der Waals surface area contributed by atoms with Crippen molar-refractivity contribution < 1.29 is 37.2 Å². The van der Waals surface area contributed by atoms with Crippen LogP contribution >= 0.6 is 0 Å². The molecular formula is C5H13AlCl3N. The molecule has 62 valence electrons. The zero-order chi connectivity index (χ0) is 4.99. The van der Waals surface area contributed by atoms with Crippen LogP contribution in [0, 0.1) is 0 Å². The first kappa shape index (κ1) is 30.1. The molecule has 0 bridgehead atoms. The average molecular weight is 221 g/mol. The average Bonchev–Trinajstić information content (AvgIpc) is 1.65. The van der Waals surface area contributed by atoms with Crippen molar-refractivity contribution in [2.75, 3.05) is 20.1 Å². The molecular weight excluding hydrogens is 207 g/mol. The minimum atomic E-state index is 0. The fourth-order valence-electron chi connectivity index (χ4n) is 0.224. The molecule has 0 atom stereocenters. The summed E-state index contributed by atoms with van der Waals surface area (Å²) in [6, 6.07) is 0. The molecule has 0 spiro atoms. The van der Waals surface area contributed by atoms with Gasteiger partial charge in [0.05, 0.1) is 0 Å². The Kier molecular flexibility index (Phi) is 67.6. The first-order valence-corrected chi connectivity index (χ1v) is 2.49. The minimum absolute atomic E-state index is 0. The van der Waals surface area contributed by atoms with Gasteiger partial charge in [0.2, 0.25) is 0 Å². The summed E-state index contributed by atoms with van der Waals surface area (Å²) in [6.45, 7) is 6.64. The van der Waals surface area contributed by atoms with E-state index in [4.69, 9.17) is 0 Å². The van der Waals surface area contributed by atoms with Crippen molar-refractivity contribution in [3.63, 3.8) is 0 Å². The van der Waals surface area contributed by atoms with Gasteiger partial charge in [0.25, 0.3) is 0 Å². The zero-order valence-corrected chi connectivity index (χ0v) is 10.00. The third-order valence-electron chi connectivity index (χ3n) is 1.08. The summed E-state index contributed by atoms with van der Waals surface area (Å²) in [5.41, 5.74) is 0. The van der Waals surface area contributed by atoms with Crippen molar-refractivity contribution in [1.82, 2.24) is 4.90 Å². The third-order valence-corrected chi connectivity index (χ3v) is 1.08. The van der Waals surface area contributed by atoms with E-state index >= 15 is 0 Å². The van der Waals surface area contributed by atoms with E-state index in [0.717, 1.165) is 13.1 Å². The van der Waals surface area contributed by atoms with Gasteiger partial charge in [-0.15, -0.1) is 0 Å². The summed E-state index contributed by atoms with van der Waals surface area (Å²) in [6.07, 6.45) is 0. The molecule has 0 saturated heterocycles. The molecule has 0 heterocycles. The second-order valence-electron chi connectivity index (χ2n) is 1.49. The predicted molar refractivity (Wildman–Crippen MR) is 34.6 cm³/mol. The second kappa shape index (κ2) is 22.4. The van der Waals surface area contributed by atoms with Crippen LogP contribution in [0.5, 0.6) is 0 Å². The summed E-state index contributed by atoms with van der Waals surface area (Å²) >= 11 is 0. The van der Waals surface area contributed by atoms with Gasteiger partial charge >= 0.3 is 17.4 Å². The number of rotatable bonds is 2. The van der Waals surface area contributed by atoms with Gasteiger partial charge in [-0.25, -0.2) is 0 Å². The Morgan fingerprint density at radius 1 is 0.900 bits per heavy atom. The Bertz CT molecular complexity index is 36.1. The molecule has 0 amide bonds. The second-order valence-corrected chi connectivity index (χ2v) is 1.49. The maximum Gasteiger partial charge on any atom is 3.00 e. The van der Waals surface area contributed by atoms with E-state index in [0.29, 0.717) is 0 Å². The van der Waals surface area contributed by atoms with E-state index in [2.05, 4.69) is 25.8 Å². The van der Waals surface area contributed by atoms with Crippen molar-refractivity contribution in [2.45, 2.75) is 13.8 Å². The Morgan fingerprint density at radius 3 is 1.10 bits per heavy atom. The monoisotopic (exact) mass is 219 g/mol. The maximum absolute atomic E-state index is 2.25. The third kappa shape index (κ3) is 22.8. The van der Waals surface area contributed by atoms with Crippen molar-refractivity contribution in [3.8, 4) is 0 Å². The summed E-state index contributed by atoms with van der Waals surface area (Å²) in [4.78, 5) is 2.25. The van der Waals surface area contributed by atoms with Crippen LogP contribution < -0.4 is 37.2 Å². The molecule has 0 aromatic carbocycles. The molecule has 0 unspecified atom stereocenters. The van der Waals surface area contributed by atoms with Crippen LogP contribution in [0.3, 0.4) is 0 Å². The molecule has 0 aromatic rings. The smallest absolute Gasteiger partial charge is 1.00 e. The number of halogens is 3. The van der Waals surface area contributed by atoms with Crippen LogP contribution in [-0.4, -0.2) is 42.4 Å². The Balaban J connectivity index is -0.0000000208. The van der Waals surface area contributed by atoms with E-state index in [-0.39, 0.29) is 54.6 Å². The van der Waals surface area contributed by atoms with Crippen molar-refractivity contribution >= 4 is 17.4 Å². The fraction of sp³-hybridized carbons (Fsp3) is 1.00. The molecule has 0 radical (unpaired) electrons. The van der Waals surface area contributed by atoms with Gasteiger partial charge in [0.15, 0.2) is 0 Å². The molecule has 0 saturated carbocycles. The maximum atomic E-state index is 2.25. The van der Waals surface area contributed by atoms with Gasteiger partial charge in [-0.3, -0.25) is 0 Å². The summed E-state index contributed by atoms with van der Waals surface area (Å²) in [7, 11) is 2.11. The summed E-state index contributed by atoms with van der Waals surface area (Å²) in [5.74, 6) is 0. The van der Waals surface area contributed by atoms with Crippen LogP contribution in [0.25, 0.3) is 0 Å². The first-order chi connectivity index (χ1) is 2.81. The zero-order valence-electron chi connectivity index (χ0n) is 6.57. The van der Waals surface area contributed by atoms with Gasteiger partial charge < -0.3 is 42.1 Å². The van der Waals surface area contributed by atoms with E-state index in [1.807, 2.05) is 0 Å². The van der Waals surface area contributed by atoms with Gasteiger partial charge in [0, 0.05) is 0 Å². The van der Waals surface area contributed by atoms with Gasteiger partial charge in [-0.1, -0.05) is 13.8 Å². The molecule has 0 rings (SSSR count). The molecule has 0 fully saturated rings. The molecule has 0 aliphatic heterocycles. The number of hydrogen-bond donors (Lipinski definition) is 0. The standard InChI is InChI=1S/C5H13N.Al.3ClH/c1-4-6(3)5-2;;;;/h4-5H2,1-3H3;;3*1H/q;+3;;;/p-3. The molecule has 0 N–H and O–H groups in total. The molecule has 0 aliphatic rings. The van der Waals surface area contributed by atoms with Crippen LogP contribution in [0.1, 0.15) is 13.8 Å². The summed E-state index contributed by atoms with van der Waals surface area (Å²) in [5, 5.41) is 0. The topological polar surface area (TPSA) is 3.24 Å². The van der Waals surface area contributed by atoms with Gasteiger partial charge in [-0.2, -0.15) is 0 Å². The fourth-order valence-corrected chi connectivity index (χ4v) is 0.224. The molecule has 0 aliphatic carbocycles. The van der Waals surface area contributed by atoms with Crippen LogP contribution in [0.15, 0.2) is 0 Å². The Hall–Kier alpha value is 1.36. The number of nitrogens with zero attached hydrogens (tertiary/aromatic N) is 1. The van der Waals surface area contributed by atoms with Crippen molar-refractivity contribution in [3.05, 3.63) is 0 Å². The molecule has 1 nitrogen and oxygen atoms in total. The van der Waals surface area contributed by atoms with E-state index in [9.17, 15) is 0 Å². The van der Waals surface area contributed by atoms with E-state index in [1.165, 1.54) is 0 Å². The van der Waals surface area contributed by atoms with Crippen molar-refractivity contribution in [1.29, 1.82) is 0 Å². The van der Waals surface area contributed by atoms with Crippen LogP contribution in [0.2, 0.25) is 0 Å². The van der Waals surface area contributed by atoms with Crippen molar-refractivity contribution in [2.24, 2.45) is 0 Å². The quantitative estimate of drug-likeness (QED) is 0.418. The largest absolute Gasteiger partial charge is 3.00 e. The summed E-state index contributed by atoms with van der Waals surface area (Å²) < 4.78 is 0. The SMILES string of the molecule is CCN(C)CC.[Al+3].[Cl-].[Cl-].[Cl-]. The van der Waals surface area contributed by atoms with E-state index < -0.39 is 0 Å². The minimum Gasteiger partial charge on any atom is -1.00 e. The van der Waals surface area contributed by atoms with Gasteiger partial charge in [0.1, 0.15) is 0 Å². The molecule has 5 heteroatoms. The predicted octanol–water partition coefficient (Wildman–Crippen LogP) is -8.41. The normalized spacial score (nSPS) is 6.00. The first-order valence-electron chi connectivity index (χ1n) is 2.49. The van der Waals surface area contributed by atoms with Crippen LogP contribution in [-0.2, 0) is 0 Å². The molecule has 0 aromatic heterocycles. The Labute approximate surface area is 93.3 Å².